The van der Waals surface area contributed by atoms with Gasteiger partial charge in [0.05, 0.1) is 27.8 Å². The fraction of sp³-hybridized carbons (Fsp3) is 0. The van der Waals surface area contributed by atoms with E-state index in [1.807, 2.05) is 11.3 Å². The maximum absolute atomic E-state index is 2.49. The van der Waals surface area contributed by atoms with Crippen LogP contribution in [0.1, 0.15) is 0 Å². The van der Waals surface area contributed by atoms with Gasteiger partial charge in [-0.3, -0.25) is 0 Å². The highest BCUT2D eigenvalue weighted by atomic mass is 32.1. The lowest BCUT2D eigenvalue weighted by Crippen LogP contribution is -1.97. The standard InChI is InChI=1S/C48H30N2S/c1-2-12-31(13-3-1)32-14-10-15-33(28-32)34-24-26-40-47(29-34)51-46-23-11-22-44(48(40)46)50-43-21-9-6-18-38(43)39-27-25-35(30-45(39)50)49-41-19-7-4-16-36(41)37-17-5-8-20-42(37)49/h1-30H. The van der Waals surface area contributed by atoms with Crippen LogP contribution >= 0.6 is 11.3 Å². The molecular weight excluding hydrogens is 637 g/mol. The molecule has 0 N–H and O–H groups in total. The Kier molecular flexibility index (Phi) is 6.16. The molecule has 8 aromatic carbocycles. The monoisotopic (exact) mass is 666 g/mol. The third kappa shape index (κ3) is 4.29. The Morgan fingerprint density at radius 2 is 0.863 bits per heavy atom. The van der Waals surface area contributed by atoms with Crippen molar-refractivity contribution >= 4 is 75.1 Å². The summed E-state index contributed by atoms with van der Waals surface area (Å²) in [6, 6.07) is 66.6. The minimum absolute atomic E-state index is 1.16. The quantitative estimate of drug-likeness (QED) is 0.177. The highest BCUT2D eigenvalue weighted by Crippen LogP contribution is 2.43. The van der Waals surface area contributed by atoms with Crippen molar-refractivity contribution in [3.8, 4) is 33.6 Å². The predicted octanol–water partition coefficient (Wildman–Crippen LogP) is 13.6. The first-order chi connectivity index (χ1) is 25.3. The van der Waals surface area contributed by atoms with Gasteiger partial charge in [0.1, 0.15) is 0 Å². The first kappa shape index (κ1) is 28.4. The molecule has 238 valence electrons. The van der Waals surface area contributed by atoms with Crippen molar-refractivity contribution < 1.29 is 0 Å². The van der Waals surface area contributed by atoms with E-state index < -0.39 is 0 Å². The van der Waals surface area contributed by atoms with Crippen LogP contribution in [0.25, 0.3) is 97.4 Å². The smallest absolute Gasteiger partial charge is 0.0562 e. The molecule has 0 unspecified atom stereocenters. The Balaban J connectivity index is 1.13. The van der Waals surface area contributed by atoms with Gasteiger partial charge >= 0.3 is 0 Å². The maximum atomic E-state index is 2.49. The topological polar surface area (TPSA) is 9.86 Å². The second kappa shape index (κ2) is 11.0. The Hall–Kier alpha value is -6.42. The van der Waals surface area contributed by atoms with Crippen molar-refractivity contribution in [2.24, 2.45) is 0 Å². The van der Waals surface area contributed by atoms with E-state index in [0.29, 0.717) is 0 Å². The van der Waals surface area contributed by atoms with Crippen molar-refractivity contribution in [2.45, 2.75) is 0 Å². The number of hydrogen-bond acceptors (Lipinski definition) is 1. The molecule has 0 atom stereocenters. The largest absolute Gasteiger partial charge is 0.309 e. The van der Waals surface area contributed by atoms with Gasteiger partial charge in [0.25, 0.3) is 0 Å². The van der Waals surface area contributed by atoms with E-state index in [-0.39, 0.29) is 0 Å². The van der Waals surface area contributed by atoms with Crippen molar-refractivity contribution in [1.82, 2.24) is 9.13 Å². The Morgan fingerprint density at radius 3 is 1.59 bits per heavy atom. The van der Waals surface area contributed by atoms with E-state index in [1.54, 1.807) is 0 Å². The molecule has 3 heterocycles. The van der Waals surface area contributed by atoms with Gasteiger partial charge in [-0.15, -0.1) is 11.3 Å². The number of aromatic nitrogens is 2. The number of fused-ring (bicyclic) bond motifs is 9. The molecule has 51 heavy (non-hydrogen) atoms. The van der Waals surface area contributed by atoms with Crippen molar-refractivity contribution in [1.29, 1.82) is 0 Å². The number of hydrogen-bond donors (Lipinski definition) is 0. The van der Waals surface area contributed by atoms with Crippen LogP contribution in [0.2, 0.25) is 0 Å². The molecular formula is C48H30N2S. The maximum Gasteiger partial charge on any atom is 0.0562 e. The van der Waals surface area contributed by atoms with Gasteiger partial charge in [0.2, 0.25) is 0 Å². The van der Waals surface area contributed by atoms with Gasteiger partial charge < -0.3 is 9.13 Å². The first-order valence-electron chi connectivity index (χ1n) is 17.4. The third-order valence-electron chi connectivity index (χ3n) is 10.5. The summed E-state index contributed by atoms with van der Waals surface area (Å²) < 4.78 is 7.50. The number of benzene rings is 8. The molecule has 0 amide bonds. The van der Waals surface area contributed by atoms with E-state index in [1.165, 1.54) is 91.7 Å². The van der Waals surface area contributed by atoms with Crippen molar-refractivity contribution in [2.75, 3.05) is 0 Å². The molecule has 3 heteroatoms. The molecule has 3 aromatic heterocycles. The normalized spacial score (nSPS) is 11.9. The molecule has 0 aliphatic carbocycles. The first-order valence-corrected chi connectivity index (χ1v) is 18.3. The van der Waals surface area contributed by atoms with Crippen molar-refractivity contribution in [3.05, 3.63) is 182 Å². The lowest BCUT2D eigenvalue weighted by atomic mass is 9.98. The van der Waals surface area contributed by atoms with Crippen LogP contribution in [0, 0.1) is 0 Å². The zero-order valence-electron chi connectivity index (χ0n) is 27.6. The van der Waals surface area contributed by atoms with Gasteiger partial charge in [-0.25, -0.2) is 0 Å². The van der Waals surface area contributed by atoms with E-state index in [2.05, 4.69) is 191 Å². The molecule has 11 aromatic rings. The molecule has 0 saturated carbocycles. The van der Waals surface area contributed by atoms with Crippen molar-refractivity contribution in [3.63, 3.8) is 0 Å². The molecule has 0 saturated heterocycles. The summed E-state index contributed by atoms with van der Waals surface area (Å²) >= 11 is 1.88. The number of nitrogens with zero attached hydrogens (tertiary/aromatic N) is 2. The lowest BCUT2D eigenvalue weighted by Gasteiger charge is -2.12. The molecule has 0 bridgehead atoms. The molecule has 11 rings (SSSR count). The second-order valence-corrected chi connectivity index (χ2v) is 14.4. The summed E-state index contributed by atoms with van der Waals surface area (Å²) in [5, 5.41) is 7.65. The fourth-order valence-electron chi connectivity index (χ4n) is 8.24. The van der Waals surface area contributed by atoms with Gasteiger partial charge in [0, 0.05) is 47.4 Å². The summed E-state index contributed by atoms with van der Waals surface area (Å²) in [6.07, 6.45) is 0. The summed E-state index contributed by atoms with van der Waals surface area (Å²) in [5.74, 6) is 0. The molecule has 0 radical (unpaired) electrons. The number of para-hydroxylation sites is 3. The zero-order chi connectivity index (χ0) is 33.5. The fourth-order valence-corrected chi connectivity index (χ4v) is 9.41. The van der Waals surface area contributed by atoms with Crippen LogP contribution in [-0.2, 0) is 0 Å². The summed E-state index contributed by atoms with van der Waals surface area (Å²) in [5.41, 5.74) is 12.2. The Labute approximate surface area is 298 Å². The summed E-state index contributed by atoms with van der Waals surface area (Å²) in [7, 11) is 0. The van der Waals surface area contributed by atoms with E-state index in [9.17, 15) is 0 Å². The zero-order valence-corrected chi connectivity index (χ0v) is 28.4. The molecule has 0 spiro atoms. The number of thiophene rings is 1. The SMILES string of the molecule is c1ccc(-c2cccc(-c3ccc4c(c3)sc3cccc(-n5c6ccccc6c6ccc(-n7c8ccccc8c8ccccc87)cc65)c34)c2)cc1. The number of rotatable bonds is 4. The molecule has 0 aliphatic heterocycles. The van der Waals surface area contributed by atoms with Gasteiger partial charge in [-0.1, -0.05) is 127 Å². The van der Waals surface area contributed by atoms with Crippen LogP contribution in [0.5, 0.6) is 0 Å². The summed E-state index contributed by atoms with van der Waals surface area (Å²) in [4.78, 5) is 0. The Bertz CT molecular complexity index is 3090. The average Bonchev–Trinajstić information content (AvgIpc) is 3.85. The Morgan fingerprint density at radius 1 is 0.314 bits per heavy atom. The molecule has 2 nitrogen and oxygen atoms in total. The van der Waals surface area contributed by atoms with Gasteiger partial charge in [0.15, 0.2) is 0 Å². The van der Waals surface area contributed by atoms with E-state index in [0.717, 1.165) is 5.69 Å². The highest BCUT2D eigenvalue weighted by Gasteiger charge is 2.19. The van der Waals surface area contributed by atoms with Gasteiger partial charge in [-0.2, -0.15) is 0 Å². The molecule has 0 aliphatic rings. The van der Waals surface area contributed by atoms with Crippen LogP contribution in [0.15, 0.2) is 182 Å². The predicted molar refractivity (Wildman–Crippen MR) is 219 cm³/mol. The van der Waals surface area contributed by atoms with E-state index >= 15 is 0 Å². The van der Waals surface area contributed by atoms with Gasteiger partial charge in [-0.05, 0) is 76.9 Å². The summed E-state index contributed by atoms with van der Waals surface area (Å²) in [6.45, 7) is 0. The van der Waals surface area contributed by atoms with E-state index in [4.69, 9.17) is 0 Å². The minimum Gasteiger partial charge on any atom is -0.309 e. The van der Waals surface area contributed by atoms with Crippen LogP contribution in [-0.4, -0.2) is 9.13 Å². The van der Waals surface area contributed by atoms with Crippen LogP contribution < -0.4 is 0 Å². The second-order valence-electron chi connectivity index (χ2n) is 13.3. The molecule has 0 fully saturated rings. The highest BCUT2D eigenvalue weighted by molar-refractivity contribution is 7.26. The third-order valence-corrected chi connectivity index (χ3v) is 11.6. The van der Waals surface area contributed by atoms with Crippen LogP contribution in [0.3, 0.4) is 0 Å². The van der Waals surface area contributed by atoms with Crippen LogP contribution in [0.4, 0.5) is 0 Å². The minimum atomic E-state index is 1.16. The lowest BCUT2D eigenvalue weighted by molar-refractivity contribution is 1.16. The average molecular weight is 667 g/mol.